The Balaban J connectivity index is 2.33. The fourth-order valence-corrected chi connectivity index (χ4v) is 2.71. The Morgan fingerprint density at radius 2 is 2.06 bits per heavy atom. The first-order chi connectivity index (χ1) is 7.93. The van der Waals surface area contributed by atoms with Crippen LogP contribution >= 0.6 is 11.6 Å². The van der Waals surface area contributed by atoms with Crippen LogP contribution in [-0.4, -0.2) is 22.7 Å². The molecule has 0 saturated carbocycles. The average Bonchev–Trinajstić information content (AvgIpc) is 2.55. The van der Waals surface area contributed by atoms with E-state index in [-0.39, 0.29) is 6.04 Å². The van der Waals surface area contributed by atoms with Crippen molar-refractivity contribution in [3.8, 4) is 0 Å². The van der Waals surface area contributed by atoms with Gasteiger partial charge in [0.25, 0.3) is 0 Å². The maximum Gasteiger partial charge on any atom is 0.324 e. The van der Waals surface area contributed by atoms with Crippen LogP contribution in [-0.2, 0) is 17.6 Å². The van der Waals surface area contributed by atoms with E-state index in [0.717, 1.165) is 11.1 Å². The quantitative estimate of drug-likeness (QED) is 0.869. The summed E-state index contributed by atoms with van der Waals surface area (Å²) < 4.78 is 0. The number of carboxylic acid groups (broad SMARTS) is 1. The van der Waals surface area contributed by atoms with Crippen LogP contribution in [0.1, 0.15) is 25.0 Å². The Morgan fingerprint density at radius 1 is 1.41 bits per heavy atom. The number of benzene rings is 1. The van der Waals surface area contributed by atoms with Crippen LogP contribution in [0.3, 0.4) is 0 Å². The van der Waals surface area contributed by atoms with Crippen molar-refractivity contribution in [2.75, 3.05) is 0 Å². The Morgan fingerprint density at radius 3 is 2.65 bits per heavy atom. The van der Waals surface area contributed by atoms with Crippen molar-refractivity contribution in [1.82, 2.24) is 5.32 Å². The van der Waals surface area contributed by atoms with E-state index in [1.807, 2.05) is 32.0 Å². The Kier molecular flexibility index (Phi) is 3.15. The predicted molar refractivity (Wildman–Crippen MR) is 67.5 cm³/mol. The highest BCUT2D eigenvalue weighted by molar-refractivity contribution is 6.30. The molecule has 0 heterocycles. The number of hydrogen-bond acceptors (Lipinski definition) is 2. The normalized spacial score (nSPS) is 22.8. The molecule has 4 heteroatoms. The summed E-state index contributed by atoms with van der Waals surface area (Å²) in [6.07, 6.45) is 1.02. The lowest BCUT2D eigenvalue weighted by Crippen LogP contribution is -2.55. The SMILES string of the molecule is CC(C)NC1(C(=O)O)Cc2ccc(Cl)cc2C1. The first-order valence-electron chi connectivity index (χ1n) is 5.71. The maximum absolute atomic E-state index is 11.5. The standard InChI is InChI=1S/C13H16ClNO2/c1-8(2)15-13(12(16)17)6-9-3-4-11(14)5-10(9)7-13/h3-5,8,15H,6-7H2,1-2H3,(H,16,17). The van der Waals surface area contributed by atoms with Gasteiger partial charge in [0.1, 0.15) is 5.54 Å². The zero-order chi connectivity index (χ0) is 12.6. The highest BCUT2D eigenvalue weighted by Gasteiger charge is 2.44. The third-order valence-corrected chi connectivity index (χ3v) is 3.36. The van der Waals surface area contributed by atoms with Gasteiger partial charge in [-0.05, 0) is 37.1 Å². The number of carboxylic acids is 1. The fourth-order valence-electron chi connectivity index (χ4n) is 2.51. The zero-order valence-corrected chi connectivity index (χ0v) is 10.7. The lowest BCUT2D eigenvalue weighted by Gasteiger charge is -2.28. The number of aliphatic carboxylic acids is 1. The van der Waals surface area contributed by atoms with Crippen LogP contribution in [0.5, 0.6) is 0 Å². The topological polar surface area (TPSA) is 49.3 Å². The molecule has 1 unspecified atom stereocenters. The summed E-state index contributed by atoms with van der Waals surface area (Å²) in [5.74, 6) is -0.793. The summed E-state index contributed by atoms with van der Waals surface area (Å²) in [5, 5.41) is 13.3. The number of hydrogen-bond donors (Lipinski definition) is 2. The van der Waals surface area contributed by atoms with E-state index in [4.69, 9.17) is 11.6 Å². The van der Waals surface area contributed by atoms with Crippen molar-refractivity contribution in [1.29, 1.82) is 0 Å². The molecule has 0 radical (unpaired) electrons. The van der Waals surface area contributed by atoms with E-state index < -0.39 is 11.5 Å². The van der Waals surface area contributed by atoms with Crippen molar-refractivity contribution in [3.05, 3.63) is 34.3 Å². The van der Waals surface area contributed by atoms with E-state index in [1.54, 1.807) is 0 Å². The number of carbonyl (C=O) groups is 1. The molecule has 1 aliphatic carbocycles. The monoisotopic (exact) mass is 253 g/mol. The maximum atomic E-state index is 11.5. The van der Waals surface area contributed by atoms with Gasteiger partial charge in [-0.15, -0.1) is 0 Å². The van der Waals surface area contributed by atoms with Crippen molar-refractivity contribution in [3.63, 3.8) is 0 Å². The zero-order valence-electron chi connectivity index (χ0n) is 9.96. The molecule has 17 heavy (non-hydrogen) atoms. The van der Waals surface area contributed by atoms with Crippen molar-refractivity contribution < 1.29 is 9.90 Å². The van der Waals surface area contributed by atoms with Gasteiger partial charge in [0.05, 0.1) is 0 Å². The van der Waals surface area contributed by atoms with Crippen LogP contribution in [0.15, 0.2) is 18.2 Å². The highest BCUT2D eigenvalue weighted by atomic mass is 35.5. The lowest BCUT2D eigenvalue weighted by atomic mass is 9.95. The molecule has 2 rings (SSSR count). The molecule has 0 spiro atoms. The minimum Gasteiger partial charge on any atom is -0.480 e. The van der Waals surface area contributed by atoms with Gasteiger partial charge in [-0.1, -0.05) is 17.7 Å². The second kappa shape index (κ2) is 4.31. The summed E-state index contributed by atoms with van der Waals surface area (Å²) in [4.78, 5) is 11.5. The Bertz CT molecular complexity index is 459. The first kappa shape index (κ1) is 12.4. The third kappa shape index (κ3) is 2.31. The van der Waals surface area contributed by atoms with E-state index in [0.29, 0.717) is 17.9 Å². The van der Waals surface area contributed by atoms with E-state index in [1.165, 1.54) is 0 Å². The molecule has 0 fully saturated rings. The van der Waals surface area contributed by atoms with Gasteiger partial charge in [0, 0.05) is 23.9 Å². The second-order valence-electron chi connectivity index (χ2n) is 4.95. The summed E-state index contributed by atoms with van der Waals surface area (Å²) in [5.41, 5.74) is 1.24. The summed E-state index contributed by atoms with van der Waals surface area (Å²) in [6.45, 7) is 3.92. The van der Waals surface area contributed by atoms with Crippen LogP contribution < -0.4 is 5.32 Å². The van der Waals surface area contributed by atoms with Gasteiger partial charge in [0.15, 0.2) is 0 Å². The lowest BCUT2D eigenvalue weighted by molar-refractivity contribution is -0.144. The van der Waals surface area contributed by atoms with Gasteiger partial charge in [-0.3, -0.25) is 10.1 Å². The minimum absolute atomic E-state index is 0.135. The van der Waals surface area contributed by atoms with Gasteiger partial charge in [-0.2, -0.15) is 0 Å². The number of fused-ring (bicyclic) bond motifs is 1. The van der Waals surface area contributed by atoms with E-state index >= 15 is 0 Å². The van der Waals surface area contributed by atoms with Crippen LogP contribution in [0.25, 0.3) is 0 Å². The molecular formula is C13H16ClNO2. The largest absolute Gasteiger partial charge is 0.480 e. The minimum atomic E-state index is -0.874. The van der Waals surface area contributed by atoms with E-state index in [9.17, 15) is 9.90 Å². The number of nitrogens with one attached hydrogen (secondary N) is 1. The summed E-state index contributed by atoms with van der Waals surface area (Å²) in [7, 11) is 0. The van der Waals surface area contributed by atoms with Gasteiger partial charge >= 0.3 is 5.97 Å². The second-order valence-corrected chi connectivity index (χ2v) is 5.39. The smallest absolute Gasteiger partial charge is 0.324 e. The Hall–Kier alpha value is -1.06. The summed E-state index contributed by atoms with van der Waals surface area (Å²) in [6, 6.07) is 5.73. The molecule has 0 aliphatic heterocycles. The first-order valence-corrected chi connectivity index (χ1v) is 6.09. The molecule has 3 nitrogen and oxygen atoms in total. The van der Waals surface area contributed by atoms with Crippen LogP contribution in [0, 0.1) is 0 Å². The number of halogens is 1. The molecule has 0 bridgehead atoms. The molecule has 1 aliphatic rings. The molecule has 0 amide bonds. The molecule has 92 valence electrons. The molecule has 2 N–H and O–H groups in total. The van der Waals surface area contributed by atoms with Gasteiger partial charge in [-0.25, -0.2) is 0 Å². The van der Waals surface area contributed by atoms with Crippen molar-refractivity contribution >= 4 is 17.6 Å². The molecule has 0 saturated heterocycles. The molecule has 0 aromatic heterocycles. The van der Waals surface area contributed by atoms with Gasteiger partial charge in [0.2, 0.25) is 0 Å². The predicted octanol–water partition coefficient (Wildman–Crippen LogP) is 2.26. The molecule has 1 aromatic carbocycles. The fraction of sp³-hybridized carbons (Fsp3) is 0.462. The van der Waals surface area contributed by atoms with E-state index in [2.05, 4.69) is 5.32 Å². The highest BCUT2D eigenvalue weighted by Crippen LogP contribution is 2.32. The summed E-state index contributed by atoms with van der Waals surface area (Å²) >= 11 is 5.93. The van der Waals surface area contributed by atoms with Crippen LogP contribution in [0.2, 0.25) is 5.02 Å². The molecule has 1 aromatic rings. The number of rotatable bonds is 3. The average molecular weight is 254 g/mol. The molecule has 1 atom stereocenters. The van der Waals surface area contributed by atoms with Crippen molar-refractivity contribution in [2.24, 2.45) is 0 Å². The van der Waals surface area contributed by atoms with Gasteiger partial charge < -0.3 is 5.11 Å². The van der Waals surface area contributed by atoms with Crippen LogP contribution in [0.4, 0.5) is 0 Å². The Labute approximate surface area is 106 Å². The molecular weight excluding hydrogens is 238 g/mol. The third-order valence-electron chi connectivity index (χ3n) is 3.13. The van der Waals surface area contributed by atoms with Crippen molar-refractivity contribution in [2.45, 2.75) is 38.3 Å².